The van der Waals surface area contributed by atoms with Crippen LogP contribution >= 0.6 is 12.4 Å². The van der Waals surface area contributed by atoms with Crippen LogP contribution in [-0.2, 0) is 6.54 Å². The van der Waals surface area contributed by atoms with Crippen LogP contribution in [0.15, 0.2) is 47.3 Å². The Morgan fingerprint density at radius 1 is 1.26 bits per heavy atom. The maximum Gasteiger partial charge on any atom is 0.271 e. The number of hydrogen-bond acceptors (Lipinski definition) is 4. The highest BCUT2D eigenvalue weighted by Gasteiger charge is 2.18. The molecule has 122 valence electrons. The molecule has 0 bridgehead atoms. The van der Waals surface area contributed by atoms with Crippen molar-refractivity contribution in [2.24, 2.45) is 0 Å². The molecule has 2 heterocycles. The van der Waals surface area contributed by atoms with Gasteiger partial charge in [-0.1, -0.05) is 30.3 Å². The predicted octanol–water partition coefficient (Wildman–Crippen LogP) is 0.805. The number of halogens is 1. The van der Waals surface area contributed by atoms with E-state index < -0.39 is 0 Å². The van der Waals surface area contributed by atoms with Crippen LogP contribution in [0.2, 0.25) is 0 Å². The van der Waals surface area contributed by atoms with Gasteiger partial charge in [0, 0.05) is 18.7 Å². The second-order valence-corrected chi connectivity index (χ2v) is 5.36. The molecule has 1 fully saturated rings. The van der Waals surface area contributed by atoms with Gasteiger partial charge in [0.05, 0.1) is 6.54 Å². The molecule has 3 rings (SSSR count). The Labute approximate surface area is 140 Å². The molecule has 1 aliphatic heterocycles. The van der Waals surface area contributed by atoms with E-state index in [1.165, 1.54) is 16.8 Å². The summed E-state index contributed by atoms with van der Waals surface area (Å²) in [5, 5.41) is 10.3. The topological polar surface area (TPSA) is 76.0 Å². The minimum Gasteiger partial charge on any atom is -0.347 e. The van der Waals surface area contributed by atoms with Crippen molar-refractivity contribution < 1.29 is 4.79 Å². The number of carbonyl (C=O) groups is 1. The van der Waals surface area contributed by atoms with E-state index in [2.05, 4.69) is 15.7 Å². The van der Waals surface area contributed by atoms with Crippen molar-refractivity contribution in [1.82, 2.24) is 20.4 Å². The second kappa shape index (κ2) is 7.89. The minimum absolute atomic E-state index is 0. The van der Waals surface area contributed by atoms with Gasteiger partial charge in [-0.15, -0.1) is 12.4 Å². The van der Waals surface area contributed by atoms with Crippen molar-refractivity contribution in [3.63, 3.8) is 0 Å². The number of carbonyl (C=O) groups excluding carboxylic acids is 1. The third-order valence-electron chi connectivity index (χ3n) is 3.67. The van der Waals surface area contributed by atoms with E-state index in [0.717, 1.165) is 25.1 Å². The first-order valence-electron chi connectivity index (χ1n) is 7.36. The van der Waals surface area contributed by atoms with Crippen molar-refractivity contribution >= 4 is 18.3 Å². The van der Waals surface area contributed by atoms with Crippen LogP contribution in [0.4, 0.5) is 0 Å². The summed E-state index contributed by atoms with van der Waals surface area (Å²) < 4.78 is 1.32. The molecular formula is C16H19ClN4O2. The molecule has 0 radical (unpaired) electrons. The molecular weight excluding hydrogens is 316 g/mol. The van der Waals surface area contributed by atoms with E-state index in [1.807, 2.05) is 30.3 Å². The Balaban J connectivity index is 0.00000192. The quantitative estimate of drug-likeness (QED) is 0.867. The smallest absolute Gasteiger partial charge is 0.271 e. The number of benzene rings is 1. The van der Waals surface area contributed by atoms with Crippen LogP contribution in [-0.4, -0.2) is 34.8 Å². The first-order chi connectivity index (χ1) is 10.7. The highest BCUT2D eigenvalue weighted by molar-refractivity contribution is 5.92. The van der Waals surface area contributed by atoms with Gasteiger partial charge in [-0.3, -0.25) is 9.59 Å². The van der Waals surface area contributed by atoms with Crippen LogP contribution in [0, 0.1) is 0 Å². The van der Waals surface area contributed by atoms with E-state index in [4.69, 9.17) is 0 Å². The molecule has 2 N–H and O–H groups in total. The molecule has 1 aromatic heterocycles. The van der Waals surface area contributed by atoms with Gasteiger partial charge in [0.2, 0.25) is 0 Å². The van der Waals surface area contributed by atoms with Crippen molar-refractivity contribution in [3.05, 3.63) is 64.1 Å². The summed E-state index contributed by atoms with van der Waals surface area (Å²) in [5.41, 5.74) is 1.01. The summed E-state index contributed by atoms with van der Waals surface area (Å²) in [4.78, 5) is 24.1. The first-order valence-corrected chi connectivity index (χ1v) is 7.36. The van der Waals surface area contributed by atoms with E-state index >= 15 is 0 Å². The summed E-state index contributed by atoms with van der Waals surface area (Å²) in [6, 6.07) is 12.6. The SMILES string of the molecule is Cl.O=C(NC1CCNC1)c1ccc(=O)n(Cc2ccccc2)n1. The van der Waals surface area contributed by atoms with Crippen LogP contribution < -0.4 is 16.2 Å². The Hall–Kier alpha value is -2.18. The monoisotopic (exact) mass is 334 g/mol. The highest BCUT2D eigenvalue weighted by Crippen LogP contribution is 2.02. The van der Waals surface area contributed by atoms with Gasteiger partial charge in [-0.05, 0) is 24.6 Å². The molecule has 0 aliphatic carbocycles. The summed E-state index contributed by atoms with van der Waals surface area (Å²) in [5.74, 6) is -0.240. The number of nitrogens with zero attached hydrogens (tertiary/aromatic N) is 2. The maximum absolute atomic E-state index is 12.2. The van der Waals surface area contributed by atoms with Crippen LogP contribution in [0.25, 0.3) is 0 Å². The van der Waals surface area contributed by atoms with Gasteiger partial charge >= 0.3 is 0 Å². The Morgan fingerprint density at radius 3 is 2.74 bits per heavy atom. The zero-order valence-corrected chi connectivity index (χ0v) is 13.4. The summed E-state index contributed by atoms with van der Waals surface area (Å²) >= 11 is 0. The summed E-state index contributed by atoms with van der Waals surface area (Å²) in [7, 11) is 0. The molecule has 1 aliphatic rings. The van der Waals surface area contributed by atoms with E-state index in [-0.39, 0.29) is 35.6 Å². The number of rotatable bonds is 4. The molecule has 1 aromatic carbocycles. The van der Waals surface area contributed by atoms with E-state index in [9.17, 15) is 9.59 Å². The van der Waals surface area contributed by atoms with E-state index in [1.54, 1.807) is 0 Å². The maximum atomic E-state index is 12.2. The molecule has 1 amide bonds. The van der Waals surface area contributed by atoms with Crippen molar-refractivity contribution in [3.8, 4) is 0 Å². The summed E-state index contributed by atoms with van der Waals surface area (Å²) in [6.07, 6.45) is 0.912. The zero-order chi connectivity index (χ0) is 15.4. The van der Waals surface area contributed by atoms with Crippen molar-refractivity contribution in [2.45, 2.75) is 19.0 Å². The average Bonchev–Trinajstić information content (AvgIpc) is 3.03. The second-order valence-electron chi connectivity index (χ2n) is 5.36. The van der Waals surface area contributed by atoms with Crippen LogP contribution in [0.5, 0.6) is 0 Å². The fraction of sp³-hybridized carbons (Fsp3) is 0.312. The van der Waals surface area contributed by atoms with Crippen molar-refractivity contribution in [1.29, 1.82) is 0 Å². The van der Waals surface area contributed by atoms with Gasteiger partial charge in [-0.2, -0.15) is 5.10 Å². The molecule has 2 aromatic rings. The minimum atomic E-state index is -0.240. The van der Waals surface area contributed by atoms with Crippen LogP contribution in [0.1, 0.15) is 22.5 Å². The Bertz CT molecular complexity index is 712. The lowest BCUT2D eigenvalue weighted by atomic mass is 10.2. The van der Waals surface area contributed by atoms with Gasteiger partial charge in [-0.25, -0.2) is 4.68 Å². The molecule has 1 unspecified atom stereocenters. The number of hydrogen-bond donors (Lipinski definition) is 2. The van der Waals surface area contributed by atoms with Gasteiger partial charge in [0.25, 0.3) is 11.5 Å². The third kappa shape index (κ3) is 4.40. The molecule has 6 nitrogen and oxygen atoms in total. The molecule has 0 spiro atoms. The lowest BCUT2D eigenvalue weighted by Gasteiger charge is -2.11. The number of aromatic nitrogens is 2. The predicted molar refractivity (Wildman–Crippen MR) is 90.0 cm³/mol. The molecule has 1 saturated heterocycles. The Morgan fingerprint density at radius 2 is 2.04 bits per heavy atom. The normalized spacial score (nSPS) is 16.6. The van der Waals surface area contributed by atoms with Gasteiger partial charge in [0.15, 0.2) is 0 Å². The lowest BCUT2D eigenvalue weighted by Crippen LogP contribution is -2.37. The first kappa shape index (κ1) is 17.2. The number of amides is 1. The number of nitrogens with one attached hydrogen (secondary N) is 2. The Kier molecular flexibility index (Phi) is 5.90. The summed E-state index contributed by atoms with van der Waals surface area (Å²) in [6.45, 7) is 2.03. The van der Waals surface area contributed by atoms with Crippen LogP contribution in [0.3, 0.4) is 0 Å². The standard InChI is InChI=1S/C16H18N4O2.ClH/c21-15-7-6-14(16(22)18-13-8-9-17-10-13)19-20(15)11-12-4-2-1-3-5-12;/h1-7,13,17H,8-11H2,(H,18,22);1H. The third-order valence-corrected chi connectivity index (χ3v) is 3.67. The molecule has 1 atom stereocenters. The van der Waals surface area contributed by atoms with Gasteiger partial charge < -0.3 is 10.6 Å². The lowest BCUT2D eigenvalue weighted by molar-refractivity contribution is 0.0932. The van der Waals surface area contributed by atoms with Crippen molar-refractivity contribution in [2.75, 3.05) is 13.1 Å². The fourth-order valence-corrected chi connectivity index (χ4v) is 2.48. The highest BCUT2D eigenvalue weighted by atomic mass is 35.5. The molecule has 23 heavy (non-hydrogen) atoms. The zero-order valence-electron chi connectivity index (χ0n) is 12.6. The average molecular weight is 335 g/mol. The van der Waals surface area contributed by atoms with E-state index in [0.29, 0.717) is 6.54 Å². The molecule has 0 saturated carbocycles. The molecule has 7 heteroatoms. The largest absolute Gasteiger partial charge is 0.347 e. The fourth-order valence-electron chi connectivity index (χ4n) is 2.48. The van der Waals surface area contributed by atoms with Gasteiger partial charge in [0.1, 0.15) is 5.69 Å².